The molecule has 4 rings (SSSR count). The Morgan fingerprint density at radius 3 is 2.78 bits per heavy atom. The third kappa shape index (κ3) is 6.96. The number of nitrogens with zero attached hydrogens (tertiary/aromatic N) is 1. The summed E-state index contributed by atoms with van der Waals surface area (Å²) in [4.78, 5) is 4.23. The van der Waals surface area contributed by atoms with Gasteiger partial charge in [0.1, 0.15) is 17.6 Å². The zero-order chi connectivity index (χ0) is 25.4. The van der Waals surface area contributed by atoms with Crippen molar-refractivity contribution in [2.45, 2.75) is 49.7 Å². The SMILES string of the molecule is CCCCOc1ccc(NS(=O)(=O)c2ccc3c(c2)CCC(CNCC(O)c2cccnc2)O3)cc1. The van der Waals surface area contributed by atoms with E-state index in [1.54, 1.807) is 60.9 Å². The molecule has 8 nitrogen and oxygen atoms in total. The minimum Gasteiger partial charge on any atom is -0.494 e. The molecule has 3 aromatic rings. The van der Waals surface area contributed by atoms with Crippen molar-refractivity contribution >= 4 is 15.7 Å². The first kappa shape index (κ1) is 25.9. The molecule has 192 valence electrons. The van der Waals surface area contributed by atoms with E-state index >= 15 is 0 Å². The zero-order valence-corrected chi connectivity index (χ0v) is 21.2. The third-order valence-corrected chi connectivity index (χ3v) is 7.40. The van der Waals surface area contributed by atoms with Gasteiger partial charge in [-0.25, -0.2) is 8.42 Å². The van der Waals surface area contributed by atoms with Crippen molar-refractivity contribution in [3.63, 3.8) is 0 Å². The first-order chi connectivity index (χ1) is 17.4. The molecule has 2 heterocycles. The second-order valence-corrected chi connectivity index (χ2v) is 10.5. The summed E-state index contributed by atoms with van der Waals surface area (Å²) >= 11 is 0. The fraction of sp³-hybridized carbons (Fsp3) is 0.370. The highest BCUT2D eigenvalue weighted by atomic mass is 32.2. The second kappa shape index (κ2) is 12.2. The van der Waals surface area contributed by atoms with Crippen LogP contribution in [-0.2, 0) is 16.4 Å². The number of ether oxygens (including phenoxy) is 2. The van der Waals surface area contributed by atoms with Crippen molar-refractivity contribution < 1.29 is 23.0 Å². The van der Waals surface area contributed by atoms with Gasteiger partial charge in [-0.05, 0) is 73.4 Å². The van der Waals surface area contributed by atoms with Gasteiger partial charge in [0.2, 0.25) is 0 Å². The van der Waals surface area contributed by atoms with Crippen LogP contribution in [0.25, 0.3) is 0 Å². The number of aliphatic hydroxyl groups excluding tert-OH is 1. The van der Waals surface area contributed by atoms with Crippen LogP contribution < -0.4 is 19.5 Å². The van der Waals surface area contributed by atoms with Gasteiger partial charge in [0.15, 0.2) is 0 Å². The van der Waals surface area contributed by atoms with E-state index < -0.39 is 16.1 Å². The molecule has 0 radical (unpaired) electrons. The monoisotopic (exact) mass is 511 g/mol. The molecule has 1 aliphatic rings. The lowest BCUT2D eigenvalue weighted by Crippen LogP contribution is -2.36. The van der Waals surface area contributed by atoms with Crippen molar-refractivity contribution in [1.29, 1.82) is 0 Å². The summed E-state index contributed by atoms with van der Waals surface area (Å²) in [6.07, 6.45) is 6.11. The Morgan fingerprint density at radius 2 is 2.03 bits per heavy atom. The number of hydrogen-bond donors (Lipinski definition) is 3. The first-order valence-electron chi connectivity index (χ1n) is 12.3. The minimum absolute atomic E-state index is 0.0581. The summed E-state index contributed by atoms with van der Waals surface area (Å²) in [6, 6.07) is 15.5. The molecule has 1 aromatic heterocycles. The average Bonchev–Trinajstić information content (AvgIpc) is 2.90. The Hall–Kier alpha value is -3.14. The van der Waals surface area contributed by atoms with Gasteiger partial charge in [-0.2, -0.15) is 0 Å². The number of aliphatic hydroxyl groups is 1. The lowest BCUT2D eigenvalue weighted by atomic mass is 10.0. The van der Waals surface area contributed by atoms with Crippen LogP contribution in [0, 0.1) is 0 Å². The fourth-order valence-electron chi connectivity index (χ4n) is 3.97. The maximum atomic E-state index is 12.9. The van der Waals surface area contributed by atoms with Gasteiger partial charge in [-0.3, -0.25) is 9.71 Å². The van der Waals surface area contributed by atoms with Crippen LogP contribution in [0.5, 0.6) is 11.5 Å². The van der Waals surface area contributed by atoms with E-state index in [1.807, 2.05) is 6.07 Å². The number of aryl methyl sites for hydroxylation is 1. The molecule has 1 aliphatic heterocycles. The number of unbranched alkanes of at least 4 members (excludes halogenated alkanes) is 1. The molecule has 2 atom stereocenters. The van der Waals surface area contributed by atoms with Gasteiger partial charge >= 0.3 is 0 Å². The first-order valence-corrected chi connectivity index (χ1v) is 13.8. The number of hydrogen-bond acceptors (Lipinski definition) is 7. The predicted molar refractivity (Wildman–Crippen MR) is 139 cm³/mol. The highest BCUT2D eigenvalue weighted by molar-refractivity contribution is 7.92. The van der Waals surface area contributed by atoms with Gasteiger partial charge in [-0.15, -0.1) is 0 Å². The van der Waals surface area contributed by atoms with Crippen molar-refractivity contribution in [3.8, 4) is 11.5 Å². The van der Waals surface area contributed by atoms with E-state index in [2.05, 4.69) is 21.9 Å². The summed E-state index contributed by atoms with van der Waals surface area (Å²) in [7, 11) is -3.74. The number of benzene rings is 2. The van der Waals surface area contributed by atoms with E-state index in [1.165, 1.54) is 0 Å². The van der Waals surface area contributed by atoms with Crippen molar-refractivity contribution in [2.75, 3.05) is 24.4 Å². The molecule has 0 saturated heterocycles. The van der Waals surface area contributed by atoms with Crippen LogP contribution in [-0.4, -0.2) is 44.3 Å². The molecule has 0 fully saturated rings. The van der Waals surface area contributed by atoms with E-state index in [0.29, 0.717) is 43.3 Å². The van der Waals surface area contributed by atoms with E-state index in [0.717, 1.165) is 30.4 Å². The van der Waals surface area contributed by atoms with Gasteiger partial charge in [-0.1, -0.05) is 19.4 Å². The number of anilines is 1. The Labute approximate surface area is 212 Å². The molecule has 3 N–H and O–H groups in total. The molecule has 0 saturated carbocycles. The van der Waals surface area contributed by atoms with Crippen LogP contribution >= 0.6 is 0 Å². The van der Waals surface area contributed by atoms with Gasteiger partial charge in [0.25, 0.3) is 10.0 Å². The van der Waals surface area contributed by atoms with Gasteiger partial charge < -0.3 is 19.9 Å². The van der Waals surface area contributed by atoms with Crippen LogP contribution in [0.15, 0.2) is 71.9 Å². The maximum Gasteiger partial charge on any atom is 0.261 e. The Balaban J connectivity index is 1.30. The summed E-state index contributed by atoms with van der Waals surface area (Å²) in [6.45, 7) is 3.72. The Morgan fingerprint density at radius 1 is 1.19 bits per heavy atom. The summed E-state index contributed by atoms with van der Waals surface area (Å²) in [5.41, 5.74) is 2.11. The third-order valence-electron chi connectivity index (χ3n) is 6.02. The molecule has 0 spiro atoms. The molecule has 0 amide bonds. The highest BCUT2D eigenvalue weighted by Gasteiger charge is 2.23. The summed E-state index contributed by atoms with van der Waals surface area (Å²) in [5, 5.41) is 13.5. The van der Waals surface area contributed by atoms with Crippen LogP contribution in [0.4, 0.5) is 5.69 Å². The van der Waals surface area contributed by atoms with Crippen LogP contribution in [0.2, 0.25) is 0 Å². The van der Waals surface area contributed by atoms with Crippen molar-refractivity contribution in [2.24, 2.45) is 0 Å². The number of pyridine rings is 1. The van der Waals surface area contributed by atoms with Crippen molar-refractivity contribution in [3.05, 3.63) is 78.1 Å². The molecule has 2 aromatic carbocycles. The van der Waals surface area contributed by atoms with Gasteiger partial charge in [0.05, 0.1) is 17.6 Å². The Kier molecular flexibility index (Phi) is 8.79. The highest BCUT2D eigenvalue weighted by Crippen LogP contribution is 2.30. The van der Waals surface area contributed by atoms with Crippen LogP contribution in [0.1, 0.15) is 43.4 Å². The summed E-state index contributed by atoms with van der Waals surface area (Å²) in [5.74, 6) is 1.40. The topological polar surface area (TPSA) is 110 Å². The van der Waals surface area contributed by atoms with Gasteiger partial charge in [0, 0.05) is 36.7 Å². The van der Waals surface area contributed by atoms with Crippen LogP contribution in [0.3, 0.4) is 0 Å². The maximum absolute atomic E-state index is 12.9. The molecule has 9 heteroatoms. The second-order valence-electron chi connectivity index (χ2n) is 8.84. The van der Waals surface area contributed by atoms with E-state index in [-0.39, 0.29) is 11.0 Å². The summed E-state index contributed by atoms with van der Waals surface area (Å²) < 4.78 is 40.2. The smallest absolute Gasteiger partial charge is 0.261 e. The van der Waals surface area contributed by atoms with E-state index in [9.17, 15) is 13.5 Å². The normalized spacial score (nSPS) is 16.0. The fourth-order valence-corrected chi connectivity index (χ4v) is 5.08. The number of aromatic nitrogens is 1. The predicted octanol–water partition coefficient (Wildman–Crippen LogP) is 4.08. The molecule has 2 unspecified atom stereocenters. The molecule has 0 bridgehead atoms. The lowest BCUT2D eigenvalue weighted by molar-refractivity contribution is 0.146. The minimum atomic E-state index is -3.74. The molecular formula is C27H33N3O5S. The number of fused-ring (bicyclic) bond motifs is 1. The van der Waals surface area contributed by atoms with Crippen molar-refractivity contribution in [1.82, 2.24) is 10.3 Å². The molecule has 36 heavy (non-hydrogen) atoms. The number of rotatable bonds is 12. The van der Waals surface area contributed by atoms with E-state index in [4.69, 9.17) is 9.47 Å². The average molecular weight is 512 g/mol. The quantitative estimate of drug-likeness (QED) is 0.314. The number of sulfonamides is 1. The lowest BCUT2D eigenvalue weighted by Gasteiger charge is -2.27. The standard InChI is InChI=1S/C27H33N3O5S/c1-2-3-15-34-23-10-7-22(8-11-23)30-36(32,33)25-12-13-27-20(16-25)6-9-24(35-27)18-29-19-26(31)21-5-4-14-28-17-21/h4-5,7-8,10-14,16-17,24,26,29-31H,2-3,6,9,15,18-19H2,1H3. The molecule has 0 aliphatic carbocycles. The largest absolute Gasteiger partial charge is 0.494 e. The zero-order valence-electron chi connectivity index (χ0n) is 20.4. The number of nitrogens with one attached hydrogen (secondary N) is 2. The Bertz CT molecular complexity index is 1220. The molecular weight excluding hydrogens is 478 g/mol.